The molecular weight excluding hydrogens is 488 g/mol. The van der Waals surface area contributed by atoms with Crippen molar-refractivity contribution in [2.24, 2.45) is 11.8 Å². The zero-order chi connectivity index (χ0) is 26.8. The minimum atomic E-state index is -0.480. The van der Waals surface area contributed by atoms with Crippen LogP contribution in [0.15, 0.2) is 36.4 Å². The topological polar surface area (TPSA) is 113 Å². The lowest BCUT2D eigenvalue weighted by Crippen LogP contribution is -2.50. The number of likely N-dealkylation sites (N-methyl/N-ethyl adjacent to an activating group) is 1. The number of para-hydroxylation sites is 1. The minimum absolute atomic E-state index is 0.00160. The number of fused-ring (bicyclic) bond motifs is 2. The summed E-state index contributed by atoms with van der Waals surface area (Å²) >= 11 is 0. The highest BCUT2D eigenvalue weighted by Crippen LogP contribution is 2.37. The van der Waals surface area contributed by atoms with Gasteiger partial charge in [-0.25, -0.2) is 4.79 Å². The van der Waals surface area contributed by atoms with Gasteiger partial charge in [-0.1, -0.05) is 13.0 Å². The third kappa shape index (κ3) is 5.81. The Kier molecular flexibility index (Phi) is 7.62. The number of ether oxygens (including phenoxy) is 3. The lowest BCUT2D eigenvalue weighted by atomic mass is 9.99. The molecule has 10 nitrogen and oxygen atoms in total. The quantitative estimate of drug-likeness (QED) is 0.484. The summed E-state index contributed by atoms with van der Waals surface area (Å²) in [6.07, 6.45) is 2.30. The van der Waals surface area contributed by atoms with Crippen molar-refractivity contribution in [1.29, 1.82) is 0 Å². The van der Waals surface area contributed by atoms with Crippen LogP contribution in [-0.4, -0.2) is 79.1 Å². The number of nitrogens with one attached hydrogen (secondary N) is 2. The Morgan fingerprint density at radius 2 is 1.95 bits per heavy atom. The molecule has 3 aliphatic rings. The van der Waals surface area contributed by atoms with Crippen molar-refractivity contribution >= 4 is 23.3 Å². The average molecular weight is 525 g/mol. The van der Waals surface area contributed by atoms with E-state index in [2.05, 4.69) is 29.5 Å². The van der Waals surface area contributed by atoms with Gasteiger partial charge in [0, 0.05) is 37.3 Å². The second-order valence-corrected chi connectivity index (χ2v) is 10.6. The van der Waals surface area contributed by atoms with E-state index in [1.54, 1.807) is 41.3 Å². The van der Waals surface area contributed by atoms with Crippen LogP contribution >= 0.6 is 0 Å². The van der Waals surface area contributed by atoms with Crippen molar-refractivity contribution in [1.82, 2.24) is 9.80 Å². The van der Waals surface area contributed by atoms with Crippen molar-refractivity contribution < 1.29 is 28.9 Å². The van der Waals surface area contributed by atoms with E-state index in [-0.39, 0.29) is 37.4 Å². The lowest BCUT2D eigenvalue weighted by molar-refractivity contribution is 0.0346. The van der Waals surface area contributed by atoms with E-state index in [4.69, 9.17) is 14.2 Å². The van der Waals surface area contributed by atoms with Crippen LogP contribution in [0.4, 0.5) is 16.2 Å². The number of carbonyl (C=O) groups excluding carboxylic acids is 2. The monoisotopic (exact) mass is 524 g/mol. The summed E-state index contributed by atoms with van der Waals surface area (Å²) in [5.74, 6) is 2.02. The number of hydrogen-bond donors (Lipinski definition) is 3. The zero-order valence-corrected chi connectivity index (χ0v) is 22.1. The first-order valence-electron chi connectivity index (χ1n) is 13.2. The van der Waals surface area contributed by atoms with E-state index in [0.717, 1.165) is 12.5 Å². The Hall–Kier alpha value is -3.50. The molecule has 10 heteroatoms. The Morgan fingerprint density at radius 3 is 2.71 bits per heavy atom. The molecule has 0 radical (unpaired) electrons. The standard InChI is InChI=1S/C28H36N4O6/c1-17-12-32(18(2)15-33)27(34)21-5-4-6-22(26(21)38-25(17)14-31(3)13-19-7-8-19)30-28(35)29-20-9-10-23-24(11-20)37-16-36-23/h4-6,9-11,17-19,25,33H,7-8,12-16H2,1-3H3,(H2,29,30,35)/t17-,18+,25+/m0/s1. The third-order valence-electron chi connectivity index (χ3n) is 7.33. The van der Waals surface area contributed by atoms with Gasteiger partial charge in [0.2, 0.25) is 6.79 Å². The zero-order valence-electron chi connectivity index (χ0n) is 22.1. The summed E-state index contributed by atoms with van der Waals surface area (Å²) < 4.78 is 17.3. The van der Waals surface area contributed by atoms with Crippen molar-refractivity contribution in [2.45, 2.75) is 38.8 Å². The van der Waals surface area contributed by atoms with E-state index in [9.17, 15) is 14.7 Å². The molecule has 2 heterocycles. The van der Waals surface area contributed by atoms with Crippen LogP contribution < -0.4 is 24.8 Å². The molecule has 0 saturated heterocycles. The average Bonchev–Trinajstić information content (AvgIpc) is 3.58. The number of hydrogen-bond acceptors (Lipinski definition) is 7. The summed E-state index contributed by atoms with van der Waals surface area (Å²) in [7, 11) is 2.09. The van der Waals surface area contributed by atoms with Crippen LogP contribution in [0.25, 0.3) is 0 Å². The molecule has 204 valence electrons. The highest BCUT2D eigenvalue weighted by molar-refractivity contribution is 6.04. The van der Waals surface area contributed by atoms with Crippen LogP contribution in [0.2, 0.25) is 0 Å². The highest BCUT2D eigenvalue weighted by atomic mass is 16.7. The van der Waals surface area contributed by atoms with Crippen molar-refractivity contribution in [3.63, 3.8) is 0 Å². The fourth-order valence-corrected chi connectivity index (χ4v) is 4.94. The summed E-state index contributed by atoms with van der Waals surface area (Å²) in [6.45, 7) is 6.06. The van der Waals surface area contributed by atoms with E-state index >= 15 is 0 Å². The van der Waals surface area contributed by atoms with Gasteiger partial charge in [0.05, 0.1) is 23.9 Å². The van der Waals surface area contributed by atoms with Crippen molar-refractivity contribution in [3.05, 3.63) is 42.0 Å². The Morgan fingerprint density at radius 1 is 1.16 bits per heavy atom. The lowest BCUT2D eigenvalue weighted by Gasteiger charge is -2.38. The second-order valence-electron chi connectivity index (χ2n) is 10.6. The van der Waals surface area contributed by atoms with Gasteiger partial charge < -0.3 is 39.8 Å². The number of urea groups is 1. The number of carbonyl (C=O) groups is 2. The number of amides is 3. The maximum atomic E-state index is 13.6. The molecule has 0 unspecified atom stereocenters. The summed E-state index contributed by atoms with van der Waals surface area (Å²) in [5, 5.41) is 15.5. The molecule has 5 rings (SSSR count). The van der Waals surface area contributed by atoms with Crippen LogP contribution in [0.1, 0.15) is 37.0 Å². The molecular formula is C28H36N4O6. The highest BCUT2D eigenvalue weighted by Gasteiger charge is 2.35. The van der Waals surface area contributed by atoms with Gasteiger partial charge in [-0.15, -0.1) is 0 Å². The minimum Gasteiger partial charge on any atom is -0.486 e. The molecule has 1 aliphatic carbocycles. The van der Waals surface area contributed by atoms with Gasteiger partial charge in [0.1, 0.15) is 6.10 Å². The number of aliphatic hydroxyl groups excluding tert-OH is 1. The van der Waals surface area contributed by atoms with E-state index in [1.165, 1.54) is 12.8 Å². The SMILES string of the molecule is C[C@H](CO)N1C[C@H](C)[C@@H](CN(C)CC2CC2)Oc2c(NC(=O)Nc3ccc4c(c3)OCO4)cccc2C1=O. The largest absolute Gasteiger partial charge is 0.486 e. The maximum Gasteiger partial charge on any atom is 0.323 e. The Labute approximate surface area is 222 Å². The van der Waals surface area contributed by atoms with E-state index in [0.29, 0.717) is 47.3 Å². The van der Waals surface area contributed by atoms with E-state index in [1.807, 2.05) is 6.92 Å². The molecule has 3 atom stereocenters. The fraction of sp³-hybridized carbons (Fsp3) is 0.500. The first-order valence-corrected chi connectivity index (χ1v) is 13.2. The number of benzene rings is 2. The molecule has 2 aromatic rings. The van der Waals surface area contributed by atoms with Crippen molar-refractivity contribution in [2.75, 3.05) is 50.7 Å². The van der Waals surface area contributed by atoms with Gasteiger partial charge in [0.25, 0.3) is 5.91 Å². The molecule has 1 fully saturated rings. The van der Waals surface area contributed by atoms with Gasteiger partial charge in [-0.3, -0.25) is 4.79 Å². The summed E-state index contributed by atoms with van der Waals surface area (Å²) in [4.78, 5) is 30.6. The Bertz CT molecular complexity index is 1190. The smallest absolute Gasteiger partial charge is 0.323 e. The normalized spacial score (nSPS) is 21.3. The molecule has 1 saturated carbocycles. The molecule has 3 amide bonds. The van der Waals surface area contributed by atoms with Gasteiger partial charge in [-0.2, -0.15) is 0 Å². The molecule has 3 N–H and O–H groups in total. The number of nitrogens with zero attached hydrogens (tertiary/aromatic N) is 2. The third-order valence-corrected chi connectivity index (χ3v) is 7.33. The van der Waals surface area contributed by atoms with Crippen LogP contribution in [0, 0.1) is 11.8 Å². The summed E-state index contributed by atoms with van der Waals surface area (Å²) in [5.41, 5.74) is 1.29. The molecule has 2 aliphatic heterocycles. The predicted octanol–water partition coefficient (Wildman–Crippen LogP) is 3.62. The molecule has 38 heavy (non-hydrogen) atoms. The molecule has 0 aromatic heterocycles. The van der Waals surface area contributed by atoms with Crippen LogP contribution in [-0.2, 0) is 0 Å². The van der Waals surface area contributed by atoms with E-state index < -0.39 is 6.03 Å². The van der Waals surface area contributed by atoms with Gasteiger partial charge in [0.15, 0.2) is 17.2 Å². The Balaban J connectivity index is 1.41. The maximum absolute atomic E-state index is 13.6. The first-order chi connectivity index (χ1) is 18.3. The first kappa shape index (κ1) is 26.1. The van der Waals surface area contributed by atoms with Crippen LogP contribution in [0.3, 0.4) is 0 Å². The molecule has 0 spiro atoms. The molecule has 2 aromatic carbocycles. The van der Waals surface area contributed by atoms with Crippen LogP contribution in [0.5, 0.6) is 17.2 Å². The van der Waals surface area contributed by atoms with Gasteiger partial charge >= 0.3 is 6.03 Å². The predicted molar refractivity (Wildman–Crippen MR) is 143 cm³/mol. The molecule has 0 bridgehead atoms. The number of aliphatic hydroxyl groups is 1. The summed E-state index contributed by atoms with van der Waals surface area (Å²) in [6, 6.07) is 9.47. The van der Waals surface area contributed by atoms with Crippen molar-refractivity contribution in [3.8, 4) is 17.2 Å². The second kappa shape index (κ2) is 11.1. The fourth-order valence-electron chi connectivity index (χ4n) is 4.94. The number of rotatable bonds is 8. The number of anilines is 2. The van der Waals surface area contributed by atoms with Gasteiger partial charge in [-0.05, 0) is 57.0 Å².